The maximum absolute atomic E-state index is 11.5. The first kappa shape index (κ1) is 10.8. The normalized spacial score (nSPS) is 17.3. The van der Waals surface area contributed by atoms with E-state index in [0.29, 0.717) is 0 Å². The topological polar surface area (TPSA) is 55.6 Å². The second-order valence-corrected chi connectivity index (χ2v) is 4.15. The summed E-state index contributed by atoms with van der Waals surface area (Å²) in [5, 5.41) is 0. The van der Waals surface area contributed by atoms with Gasteiger partial charge in [0.2, 0.25) is 0 Å². The number of rotatable bonds is 0. The van der Waals surface area contributed by atoms with Crippen molar-refractivity contribution in [1.82, 2.24) is 4.90 Å². The van der Waals surface area contributed by atoms with Crippen LogP contribution in [-0.4, -0.2) is 22.6 Å². The smallest absolute Gasteiger partial charge is 0.418 e. The molecular weight excluding hydrogens is 180 g/mol. The predicted octanol–water partition coefficient (Wildman–Crippen LogP) is 1.59. The van der Waals surface area contributed by atoms with Gasteiger partial charge in [0.05, 0.1) is 0 Å². The molecule has 1 amide bonds. The molecule has 0 fully saturated rings. The van der Waals surface area contributed by atoms with Crippen molar-refractivity contribution in [3.05, 3.63) is 24.6 Å². The van der Waals surface area contributed by atoms with E-state index in [9.17, 15) is 4.79 Å². The molecule has 14 heavy (non-hydrogen) atoms. The second-order valence-electron chi connectivity index (χ2n) is 4.15. The minimum atomic E-state index is -0.474. The summed E-state index contributed by atoms with van der Waals surface area (Å²) in [5.74, 6) is 0. The van der Waals surface area contributed by atoms with E-state index in [1.165, 1.54) is 4.90 Å². The highest BCUT2D eigenvalue weighted by atomic mass is 16.6. The average molecular weight is 196 g/mol. The van der Waals surface area contributed by atoms with Crippen LogP contribution < -0.4 is 5.73 Å². The molecule has 0 atom stereocenters. The van der Waals surface area contributed by atoms with Gasteiger partial charge < -0.3 is 10.5 Å². The predicted molar refractivity (Wildman–Crippen MR) is 54.3 cm³/mol. The minimum Gasteiger partial charge on any atom is -0.443 e. The van der Waals surface area contributed by atoms with E-state index in [-0.39, 0.29) is 6.04 Å². The number of hydrogen-bond acceptors (Lipinski definition) is 3. The molecule has 0 saturated heterocycles. The fraction of sp³-hybridized carbons (Fsp3) is 0.500. The first-order valence-corrected chi connectivity index (χ1v) is 4.52. The fourth-order valence-corrected chi connectivity index (χ4v) is 0.934. The molecule has 4 nitrogen and oxygen atoms in total. The van der Waals surface area contributed by atoms with Crippen molar-refractivity contribution in [3.8, 4) is 0 Å². The maximum Gasteiger partial charge on any atom is 0.418 e. The zero-order valence-corrected chi connectivity index (χ0v) is 8.73. The van der Waals surface area contributed by atoms with Crippen molar-refractivity contribution in [3.63, 3.8) is 0 Å². The molecule has 0 saturated carbocycles. The van der Waals surface area contributed by atoms with Crippen molar-refractivity contribution in [2.45, 2.75) is 32.4 Å². The van der Waals surface area contributed by atoms with Gasteiger partial charge in [-0.2, -0.15) is 0 Å². The minimum absolute atomic E-state index is 0.117. The van der Waals surface area contributed by atoms with Gasteiger partial charge in [-0.1, -0.05) is 0 Å². The van der Waals surface area contributed by atoms with Crippen LogP contribution in [0.5, 0.6) is 0 Å². The standard InChI is InChI=1S/C10H16N2O2/c1-10(2,3)14-9(13)12-6-4-8(11)5-7-12/h4-8H,11H2,1-3H3. The Morgan fingerprint density at radius 1 is 1.36 bits per heavy atom. The van der Waals surface area contributed by atoms with Crippen molar-refractivity contribution in [2.75, 3.05) is 0 Å². The third-order valence-electron chi connectivity index (χ3n) is 1.54. The van der Waals surface area contributed by atoms with Crippen LogP contribution >= 0.6 is 0 Å². The second kappa shape index (κ2) is 3.84. The van der Waals surface area contributed by atoms with E-state index >= 15 is 0 Å². The number of amides is 1. The van der Waals surface area contributed by atoms with Gasteiger partial charge in [-0.25, -0.2) is 4.79 Å². The van der Waals surface area contributed by atoms with Crippen LogP contribution in [0.15, 0.2) is 24.6 Å². The molecule has 1 heterocycles. The average Bonchev–Trinajstić information content (AvgIpc) is 2.02. The fourth-order valence-electron chi connectivity index (χ4n) is 0.934. The third kappa shape index (κ3) is 3.22. The summed E-state index contributed by atoms with van der Waals surface area (Å²) in [6, 6.07) is -0.117. The summed E-state index contributed by atoms with van der Waals surface area (Å²) < 4.78 is 5.16. The van der Waals surface area contributed by atoms with E-state index in [0.717, 1.165) is 0 Å². The number of hydrogen-bond donors (Lipinski definition) is 1. The highest BCUT2D eigenvalue weighted by Gasteiger charge is 2.20. The van der Waals surface area contributed by atoms with E-state index in [2.05, 4.69) is 0 Å². The van der Waals surface area contributed by atoms with E-state index < -0.39 is 11.7 Å². The molecular formula is C10H16N2O2. The Hall–Kier alpha value is -1.29. The quantitative estimate of drug-likeness (QED) is 0.640. The molecule has 1 aliphatic heterocycles. The summed E-state index contributed by atoms with van der Waals surface area (Å²) >= 11 is 0. The molecule has 0 aromatic carbocycles. The molecule has 0 aromatic heterocycles. The van der Waals surface area contributed by atoms with Gasteiger partial charge in [0, 0.05) is 18.4 Å². The largest absolute Gasteiger partial charge is 0.443 e. The zero-order chi connectivity index (χ0) is 10.8. The molecule has 0 aliphatic carbocycles. The molecule has 1 rings (SSSR count). The van der Waals surface area contributed by atoms with Gasteiger partial charge in [0.1, 0.15) is 5.60 Å². The van der Waals surface area contributed by atoms with Crippen molar-refractivity contribution >= 4 is 6.09 Å². The SMILES string of the molecule is CC(C)(C)OC(=O)N1C=CC(N)C=C1. The van der Waals surface area contributed by atoms with E-state index in [4.69, 9.17) is 10.5 Å². The van der Waals surface area contributed by atoms with Gasteiger partial charge in [-0.3, -0.25) is 4.90 Å². The molecule has 4 heteroatoms. The van der Waals surface area contributed by atoms with Crippen LogP contribution in [0.4, 0.5) is 4.79 Å². The summed E-state index contributed by atoms with van der Waals surface area (Å²) in [4.78, 5) is 12.9. The van der Waals surface area contributed by atoms with Gasteiger partial charge in [0.15, 0.2) is 0 Å². The zero-order valence-electron chi connectivity index (χ0n) is 8.73. The Morgan fingerprint density at radius 3 is 2.29 bits per heavy atom. The number of ether oxygens (including phenoxy) is 1. The van der Waals surface area contributed by atoms with Crippen LogP contribution in [0.25, 0.3) is 0 Å². The number of carbonyl (C=O) groups is 1. The molecule has 0 aromatic rings. The number of carbonyl (C=O) groups excluding carboxylic acids is 1. The van der Waals surface area contributed by atoms with Crippen molar-refractivity contribution in [2.24, 2.45) is 5.73 Å². The molecule has 2 N–H and O–H groups in total. The number of nitrogens with two attached hydrogens (primary N) is 1. The first-order chi connectivity index (χ1) is 6.38. The molecule has 0 unspecified atom stereocenters. The number of nitrogens with zero attached hydrogens (tertiary/aromatic N) is 1. The van der Waals surface area contributed by atoms with Gasteiger partial charge in [0.25, 0.3) is 0 Å². The van der Waals surface area contributed by atoms with Crippen LogP contribution in [0.3, 0.4) is 0 Å². The summed E-state index contributed by atoms with van der Waals surface area (Å²) in [6.45, 7) is 5.48. The third-order valence-corrected chi connectivity index (χ3v) is 1.54. The highest BCUT2D eigenvalue weighted by molar-refractivity contribution is 5.71. The molecule has 0 radical (unpaired) electrons. The molecule has 0 spiro atoms. The lowest BCUT2D eigenvalue weighted by atomic mass is 10.2. The lowest BCUT2D eigenvalue weighted by molar-refractivity contribution is 0.0397. The summed E-state index contributed by atoms with van der Waals surface area (Å²) in [5.41, 5.74) is 5.10. The first-order valence-electron chi connectivity index (χ1n) is 4.52. The molecule has 78 valence electrons. The Balaban J connectivity index is 2.55. The lowest BCUT2D eigenvalue weighted by Crippen LogP contribution is -2.32. The van der Waals surface area contributed by atoms with Gasteiger partial charge >= 0.3 is 6.09 Å². The Bertz CT molecular complexity index is 262. The van der Waals surface area contributed by atoms with Gasteiger partial charge in [-0.15, -0.1) is 0 Å². The van der Waals surface area contributed by atoms with Crippen LogP contribution in [-0.2, 0) is 4.74 Å². The van der Waals surface area contributed by atoms with Crippen molar-refractivity contribution < 1.29 is 9.53 Å². The van der Waals surface area contributed by atoms with E-state index in [1.54, 1.807) is 24.6 Å². The van der Waals surface area contributed by atoms with Crippen LogP contribution in [0.2, 0.25) is 0 Å². The Labute approximate surface area is 84.0 Å². The van der Waals surface area contributed by atoms with E-state index in [1.807, 2.05) is 20.8 Å². The lowest BCUT2D eigenvalue weighted by Gasteiger charge is -2.24. The van der Waals surface area contributed by atoms with Gasteiger partial charge in [-0.05, 0) is 32.9 Å². The molecule has 1 aliphatic rings. The molecule has 0 bridgehead atoms. The maximum atomic E-state index is 11.5. The monoisotopic (exact) mass is 196 g/mol. The Kier molecular flexibility index (Phi) is 2.96. The summed E-state index contributed by atoms with van der Waals surface area (Å²) in [6.07, 6.45) is 6.28. The van der Waals surface area contributed by atoms with Crippen molar-refractivity contribution in [1.29, 1.82) is 0 Å². The summed E-state index contributed by atoms with van der Waals surface area (Å²) in [7, 11) is 0. The highest BCUT2D eigenvalue weighted by Crippen LogP contribution is 2.12. The van der Waals surface area contributed by atoms with Crippen LogP contribution in [0, 0.1) is 0 Å². The Morgan fingerprint density at radius 2 is 1.86 bits per heavy atom. The van der Waals surface area contributed by atoms with Crippen LogP contribution in [0.1, 0.15) is 20.8 Å².